The van der Waals surface area contributed by atoms with Crippen molar-refractivity contribution in [1.29, 1.82) is 0 Å². The fourth-order valence-corrected chi connectivity index (χ4v) is 0. The van der Waals surface area contributed by atoms with Crippen molar-refractivity contribution in [3.05, 3.63) is 0 Å². The molecule has 0 heterocycles. The topological polar surface area (TPSA) is 23.1 Å². The summed E-state index contributed by atoms with van der Waals surface area (Å²) in [6, 6.07) is 0. The Hall–Kier alpha value is 0.759. The van der Waals surface area contributed by atoms with E-state index in [2.05, 4.69) is 0 Å². The summed E-state index contributed by atoms with van der Waals surface area (Å²) in [5.41, 5.74) is 0. The van der Waals surface area contributed by atoms with Gasteiger partial charge in [0.05, 0.1) is 0 Å². The van der Waals surface area contributed by atoms with Crippen molar-refractivity contribution in [2.45, 2.75) is 41.5 Å². The summed E-state index contributed by atoms with van der Waals surface area (Å²) >= 11 is 0. The second kappa shape index (κ2) is 916. The van der Waals surface area contributed by atoms with Crippen LogP contribution >= 0.6 is 0 Å². The van der Waals surface area contributed by atoms with Gasteiger partial charge in [0.2, 0.25) is 0 Å². The van der Waals surface area contributed by atoms with E-state index in [9.17, 15) is 0 Å². The minimum Gasteiger partial charge on any atom is -0.857 e. The van der Waals surface area contributed by atoms with Crippen molar-refractivity contribution in [2.75, 3.05) is 7.11 Å². The predicted molar refractivity (Wildman–Crippen MR) is 45.7 cm³/mol. The van der Waals surface area contributed by atoms with Gasteiger partial charge in [0.25, 0.3) is 0 Å². The maximum Gasteiger partial charge on any atom is 0 e. The Morgan fingerprint density at radius 1 is 0.556 bits per heavy atom. The standard InChI is InChI=1S/3C2H6.CH3O.Sn/c4*1-2;/h3*1-2H3;1H3;/q;;;-1;. The first-order valence-corrected chi connectivity index (χ1v) is 3.41. The van der Waals surface area contributed by atoms with Crippen LogP contribution in [-0.4, -0.2) is 31.0 Å². The van der Waals surface area contributed by atoms with E-state index in [1.807, 2.05) is 41.5 Å². The summed E-state index contributed by atoms with van der Waals surface area (Å²) in [4.78, 5) is 0. The molecule has 0 atom stereocenters. The van der Waals surface area contributed by atoms with Crippen LogP contribution in [0.25, 0.3) is 0 Å². The van der Waals surface area contributed by atoms with Crippen molar-refractivity contribution >= 4 is 23.9 Å². The molecule has 0 rings (SSSR count). The van der Waals surface area contributed by atoms with E-state index in [0.29, 0.717) is 0 Å². The summed E-state index contributed by atoms with van der Waals surface area (Å²) in [7, 11) is 0.750. The molecule has 4 radical (unpaired) electrons. The third-order valence-electron chi connectivity index (χ3n) is 0. The fourth-order valence-electron chi connectivity index (χ4n) is 0. The molecule has 1 nitrogen and oxygen atoms in total. The van der Waals surface area contributed by atoms with Crippen molar-refractivity contribution in [3.63, 3.8) is 0 Å². The molecule has 0 spiro atoms. The minimum atomic E-state index is 0. The maximum absolute atomic E-state index is 8.25. The van der Waals surface area contributed by atoms with E-state index in [0.717, 1.165) is 7.11 Å². The minimum absolute atomic E-state index is 0. The largest absolute Gasteiger partial charge is 0.857 e. The molecule has 0 aromatic heterocycles. The van der Waals surface area contributed by atoms with Gasteiger partial charge in [-0.2, -0.15) is 7.11 Å². The van der Waals surface area contributed by atoms with Crippen LogP contribution in [0.2, 0.25) is 0 Å². The van der Waals surface area contributed by atoms with Gasteiger partial charge in [0.15, 0.2) is 0 Å². The Bertz CT molecular complexity index is 8.88. The molecule has 0 aliphatic carbocycles. The van der Waals surface area contributed by atoms with E-state index in [1.54, 1.807) is 0 Å². The molecule has 0 unspecified atom stereocenters. The SMILES string of the molecule is CC.CC.CC.C[O-].[Sn]. The molecule has 0 aromatic rings. The first-order chi connectivity index (χ1) is 4.00. The van der Waals surface area contributed by atoms with Gasteiger partial charge in [-0.15, -0.1) is 0 Å². The third-order valence-corrected chi connectivity index (χ3v) is 0. The van der Waals surface area contributed by atoms with Crippen molar-refractivity contribution < 1.29 is 5.11 Å². The molecule has 0 N–H and O–H groups in total. The van der Waals surface area contributed by atoms with Crippen molar-refractivity contribution in [3.8, 4) is 0 Å². The Morgan fingerprint density at radius 3 is 0.556 bits per heavy atom. The smallest absolute Gasteiger partial charge is 0 e. The molecule has 0 fully saturated rings. The summed E-state index contributed by atoms with van der Waals surface area (Å²) < 4.78 is 0. The summed E-state index contributed by atoms with van der Waals surface area (Å²) in [6.45, 7) is 12.0. The average molecular weight is 240 g/mol. The van der Waals surface area contributed by atoms with Crippen LogP contribution in [0.3, 0.4) is 0 Å². The maximum atomic E-state index is 8.25. The van der Waals surface area contributed by atoms with Gasteiger partial charge in [0, 0.05) is 23.9 Å². The van der Waals surface area contributed by atoms with Gasteiger partial charge >= 0.3 is 0 Å². The van der Waals surface area contributed by atoms with Crippen molar-refractivity contribution in [2.24, 2.45) is 0 Å². The van der Waals surface area contributed by atoms with E-state index in [4.69, 9.17) is 5.11 Å². The monoisotopic (exact) mass is 241 g/mol. The molecular weight excluding hydrogens is 219 g/mol. The second-order valence-electron chi connectivity index (χ2n) is 0. The number of hydrogen-bond donors (Lipinski definition) is 0. The normalized spacial score (nSPS) is 2.67. The number of hydrogen-bond acceptors (Lipinski definition) is 1. The van der Waals surface area contributed by atoms with Gasteiger partial charge in [-0.1, -0.05) is 41.5 Å². The Labute approximate surface area is 77.8 Å². The molecule has 0 aliphatic heterocycles. The van der Waals surface area contributed by atoms with Crippen LogP contribution in [0.15, 0.2) is 0 Å². The zero-order chi connectivity index (χ0) is 8.00. The summed E-state index contributed by atoms with van der Waals surface area (Å²) in [5, 5.41) is 8.25. The van der Waals surface area contributed by atoms with Crippen molar-refractivity contribution in [1.82, 2.24) is 0 Å². The van der Waals surface area contributed by atoms with Gasteiger partial charge in [-0.05, 0) is 0 Å². The first kappa shape index (κ1) is 33.1. The van der Waals surface area contributed by atoms with Crippen LogP contribution in [0.5, 0.6) is 0 Å². The van der Waals surface area contributed by atoms with Crippen LogP contribution < -0.4 is 5.11 Å². The number of rotatable bonds is 0. The molecule has 2 heteroatoms. The molecule has 60 valence electrons. The second-order valence-corrected chi connectivity index (χ2v) is 0. The van der Waals surface area contributed by atoms with Gasteiger partial charge in [-0.3, -0.25) is 0 Å². The van der Waals surface area contributed by atoms with Gasteiger partial charge in [-0.25, -0.2) is 0 Å². The van der Waals surface area contributed by atoms with Crippen LogP contribution in [0, 0.1) is 0 Å². The molecule has 0 amide bonds. The molecule has 0 aromatic carbocycles. The average Bonchev–Trinajstić information content (AvgIpc) is 2.03. The quantitative estimate of drug-likeness (QED) is 0.590. The van der Waals surface area contributed by atoms with E-state index in [-0.39, 0.29) is 23.9 Å². The van der Waals surface area contributed by atoms with E-state index < -0.39 is 0 Å². The molecular formula is C7H21OSn-. The van der Waals surface area contributed by atoms with Crippen LogP contribution in [0.4, 0.5) is 0 Å². The molecule has 0 aliphatic rings. The van der Waals surface area contributed by atoms with E-state index in [1.165, 1.54) is 0 Å². The molecule has 0 saturated carbocycles. The fraction of sp³-hybridized carbons (Fsp3) is 1.00. The Kier molecular flexibility index (Phi) is 3360. The van der Waals surface area contributed by atoms with Crippen LogP contribution in [0.1, 0.15) is 41.5 Å². The van der Waals surface area contributed by atoms with Crippen LogP contribution in [-0.2, 0) is 0 Å². The zero-order valence-corrected chi connectivity index (χ0v) is 10.8. The molecule has 9 heavy (non-hydrogen) atoms. The Balaban J connectivity index is -0.00000000762. The molecule has 0 saturated heterocycles. The first-order valence-electron chi connectivity index (χ1n) is 3.41. The van der Waals surface area contributed by atoms with E-state index >= 15 is 0 Å². The predicted octanol–water partition coefficient (Wildman–Crippen LogP) is 1.67. The molecule has 0 bridgehead atoms. The van der Waals surface area contributed by atoms with Gasteiger partial charge in [0.1, 0.15) is 0 Å². The summed E-state index contributed by atoms with van der Waals surface area (Å²) in [6.07, 6.45) is 0. The third kappa shape index (κ3) is 695. The summed E-state index contributed by atoms with van der Waals surface area (Å²) in [5.74, 6) is 0. The van der Waals surface area contributed by atoms with Gasteiger partial charge < -0.3 is 5.11 Å². The Morgan fingerprint density at radius 2 is 0.556 bits per heavy atom. The zero-order valence-electron chi connectivity index (χ0n) is 7.91.